The Morgan fingerprint density at radius 2 is 2.20 bits per heavy atom. The highest BCUT2D eigenvalue weighted by Gasteiger charge is 1.95. The smallest absolute Gasteiger partial charge is 0.145 e. The molecule has 0 atom stereocenters. The molecule has 0 aliphatic rings. The van der Waals surface area contributed by atoms with E-state index in [0.717, 1.165) is 22.8 Å². The maximum Gasteiger partial charge on any atom is 0.145 e. The number of hydrogen-bond donors (Lipinski definition) is 0. The lowest BCUT2D eigenvalue weighted by atomic mass is 10.1. The highest BCUT2D eigenvalue weighted by molar-refractivity contribution is 5.85. The minimum Gasteiger partial charge on any atom is -0.298 e. The molecular formula is C13H11NO. The van der Waals surface area contributed by atoms with Gasteiger partial charge in [0, 0.05) is 11.6 Å². The second-order valence-electron chi connectivity index (χ2n) is 3.46. The first-order chi connectivity index (χ1) is 7.29. The van der Waals surface area contributed by atoms with Crippen LogP contribution in [0.1, 0.15) is 12.5 Å². The molecule has 2 aromatic rings. The van der Waals surface area contributed by atoms with Crippen LogP contribution in [0.25, 0.3) is 17.0 Å². The van der Waals surface area contributed by atoms with E-state index in [9.17, 15) is 4.79 Å². The van der Waals surface area contributed by atoms with Gasteiger partial charge in [0.15, 0.2) is 0 Å². The molecule has 0 saturated carbocycles. The summed E-state index contributed by atoms with van der Waals surface area (Å²) in [6, 6.07) is 9.89. The van der Waals surface area contributed by atoms with E-state index >= 15 is 0 Å². The van der Waals surface area contributed by atoms with Crippen molar-refractivity contribution >= 4 is 23.3 Å². The lowest BCUT2D eigenvalue weighted by Gasteiger charge is -1.98. The second kappa shape index (κ2) is 4.05. The highest BCUT2D eigenvalue weighted by atomic mass is 16.1. The van der Waals surface area contributed by atoms with Crippen molar-refractivity contribution in [2.24, 2.45) is 0 Å². The molecule has 2 nitrogen and oxygen atoms in total. The molecule has 1 aromatic heterocycles. The summed E-state index contributed by atoms with van der Waals surface area (Å²) < 4.78 is 0. The third-order valence-corrected chi connectivity index (χ3v) is 2.21. The summed E-state index contributed by atoms with van der Waals surface area (Å²) in [5.74, 6) is 0. The van der Waals surface area contributed by atoms with Gasteiger partial charge in [-0.2, -0.15) is 0 Å². The minimum atomic E-state index is 0.713. The van der Waals surface area contributed by atoms with Gasteiger partial charge in [0.05, 0.1) is 5.52 Å². The summed E-state index contributed by atoms with van der Waals surface area (Å²) in [5.41, 5.74) is 2.67. The van der Waals surface area contributed by atoms with E-state index in [0.29, 0.717) is 5.57 Å². The van der Waals surface area contributed by atoms with Crippen molar-refractivity contribution in [1.82, 2.24) is 4.98 Å². The normalized spacial score (nSPS) is 11.7. The zero-order valence-corrected chi connectivity index (χ0v) is 8.47. The van der Waals surface area contributed by atoms with Crippen molar-refractivity contribution in [3.8, 4) is 0 Å². The van der Waals surface area contributed by atoms with Crippen LogP contribution in [0.5, 0.6) is 0 Å². The van der Waals surface area contributed by atoms with Crippen LogP contribution in [0.15, 0.2) is 42.1 Å². The summed E-state index contributed by atoms with van der Waals surface area (Å²) in [4.78, 5) is 14.7. The third kappa shape index (κ3) is 2.10. The molecule has 0 aliphatic carbocycles. The minimum absolute atomic E-state index is 0.713. The zero-order chi connectivity index (χ0) is 10.7. The number of nitrogens with zero attached hydrogens (tertiary/aromatic N) is 1. The Labute approximate surface area is 88.3 Å². The topological polar surface area (TPSA) is 30.0 Å². The maximum atomic E-state index is 10.5. The molecular weight excluding hydrogens is 186 g/mol. The number of rotatable bonds is 2. The summed E-state index contributed by atoms with van der Waals surface area (Å²) >= 11 is 0. The predicted molar refractivity (Wildman–Crippen MR) is 61.5 cm³/mol. The Bertz CT molecular complexity index is 529. The van der Waals surface area contributed by atoms with Gasteiger partial charge in [0.1, 0.15) is 6.29 Å². The number of pyridine rings is 1. The van der Waals surface area contributed by atoms with Crippen molar-refractivity contribution in [1.29, 1.82) is 0 Å². The fraction of sp³-hybridized carbons (Fsp3) is 0.0769. The number of fused-ring (bicyclic) bond motifs is 1. The van der Waals surface area contributed by atoms with Gasteiger partial charge < -0.3 is 0 Å². The quantitative estimate of drug-likeness (QED) is 0.547. The van der Waals surface area contributed by atoms with E-state index in [1.807, 2.05) is 36.4 Å². The molecule has 0 aliphatic heterocycles. The van der Waals surface area contributed by atoms with E-state index < -0.39 is 0 Å². The fourth-order valence-electron chi connectivity index (χ4n) is 1.47. The molecule has 0 N–H and O–H groups in total. The first-order valence-corrected chi connectivity index (χ1v) is 4.78. The van der Waals surface area contributed by atoms with Crippen LogP contribution in [0, 0.1) is 0 Å². The Hall–Kier alpha value is -1.96. The van der Waals surface area contributed by atoms with Gasteiger partial charge in [0.25, 0.3) is 0 Å². The van der Waals surface area contributed by atoms with Crippen LogP contribution in [0.4, 0.5) is 0 Å². The van der Waals surface area contributed by atoms with E-state index in [2.05, 4.69) is 4.98 Å². The van der Waals surface area contributed by atoms with Gasteiger partial charge in [-0.1, -0.05) is 18.2 Å². The average Bonchev–Trinajstić information content (AvgIpc) is 2.29. The molecule has 0 amide bonds. The van der Waals surface area contributed by atoms with Crippen molar-refractivity contribution in [2.45, 2.75) is 6.92 Å². The number of benzene rings is 1. The molecule has 74 valence electrons. The molecule has 1 heterocycles. The molecule has 1 aromatic carbocycles. The second-order valence-corrected chi connectivity index (χ2v) is 3.46. The average molecular weight is 197 g/mol. The van der Waals surface area contributed by atoms with E-state index in [1.165, 1.54) is 0 Å². The van der Waals surface area contributed by atoms with Crippen molar-refractivity contribution in [3.63, 3.8) is 0 Å². The van der Waals surface area contributed by atoms with E-state index in [-0.39, 0.29) is 0 Å². The number of carbonyl (C=O) groups is 1. The van der Waals surface area contributed by atoms with Crippen LogP contribution in [0.2, 0.25) is 0 Å². The number of aldehydes is 1. The monoisotopic (exact) mass is 197 g/mol. The highest BCUT2D eigenvalue weighted by Crippen LogP contribution is 2.14. The zero-order valence-electron chi connectivity index (χ0n) is 8.47. The number of hydrogen-bond acceptors (Lipinski definition) is 2. The summed E-state index contributed by atoms with van der Waals surface area (Å²) in [5, 5.41) is 1.11. The van der Waals surface area contributed by atoms with Gasteiger partial charge >= 0.3 is 0 Å². The lowest BCUT2D eigenvalue weighted by Crippen LogP contribution is -1.81. The van der Waals surface area contributed by atoms with Gasteiger partial charge in [-0.3, -0.25) is 9.78 Å². The van der Waals surface area contributed by atoms with Gasteiger partial charge in [0.2, 0.25) is 0 Å². The van der Waals surface area contributed by atoms with Gasteiger partial charge in [-0.05, 0) is 36.3 Å². The van der Waals surface area contributed by atoms with Crippen LogP contribution < -0.4 is 0 Å². The fourth-order valence-corrected chi connectivity index (χ4v) is 1.47. The standard InChI is InChI=1S/C13H11NO/c1-10(9-15)7-11-4-5-12-3-2-6-14-13(12)8-11/h2-9H,1H3/b10-7+. The van der Waals surface area contributed by atoms with Crippen LogP contribution in [-0.2, 0) is 4.79 Å². The number of carbonyl (C=O) groups excluding carboxylic acids is 1. The predicted octanol–water partition coefficient (Wildman–Crippen LogP) is 2.84. The van der Waals surface area contributed by atoms with Gasteiger partial charge in [-0.15, -0.1) is 0 Å². The molecule has 0 unspecified atom stereocenters. The Balaban J connectivity index is 2.52. The molecule has 15 heavy (non-hydrogen) atoms. The molecule has 0 fully saturated rings. The molecule has 0 saturated heterocycles. The maximum absolute atomic E-state index is 10.5. The van der Waals surface area contributed by atoms with Crippen LogP contribution >= 0.6 is 0 Å². The molecule has 0 spiro atoms. The molecule has 0 radical (unpaired) electrons. The van der Waals surface area contributed by atoms with Crippen molar-refractivity contribution in [2.75, 3.05) is 0 Å². The van der Waals surface area contributed by atoms with Crippen LogP contribution in [0.3, 0.4) is 0 Å². The summed E-state index contributed by atoms with van der Waals surface area (Å²) in [6.07, 6.45) is 4.46. The van der Waals surface area contributed by atoms with E-state index in [1.54, 1.807) is 13.1 Å². The molecule has 0 bridgehead atoms. The largest absolute Gasteiger partial charge is 0.298 e. The molecule has 2 heteroatoms. The Morgan fingerprint density at radius 3 is 3.00 bits per heavy atom. The van der Waals surface area contributed by atoms with E-state index in [4.69, 9.17) is 0 Å². The van der Waals surface area contributed by atoms with Crippen molar-refractivity contribution in [3.05, 3.63) is 47.7 Å². The molecule has 2 rings (SSSR count). The van der Waals surface area contributed by atoms with Crippen LogP contribution in [-0.4, -0.2) is 11.3 Å². The first kappa shape index (κ1) is 9.59. The number of aromatic nitrogens is 1. The van der Waals surface area contributed by atoms with Gasteiger partial charge in [-0.25, -0.2) is 0 Å². The SMILES string of the molecule is C/C(C=O)=C\c1ccc2cccnc2c1. The van der Waals surface area contributed by atoms with Crippen molar-refractivity contribution < 1.29 is 4.79 Å². The Morgan fingerprint density at radius 1 is 1.33 bits per heavy atom. The lowest BCUT2D eigenvalue weighted by molar-refractivity contribution is -0.104. The third-order valence-electron chi connectivity index (χ3n) is 2.21. The number of allylic oxidation sites excluding steroid dienone is 1. The summed E-state index contributed by atoms with van der Waals surface area (Å²) in [6.45, 7) is 1.79. The Kier molecular flexibility index (Phi) is 2.59. The first-order valence-electron chi connectivity index (χ1n) is 4.78. The summed E-state index contributed by atoms with van der Waals surface area (Å²) in [7, 11) is 0.